The predicted octanol–water partition coefficient (Wildman–Crippen LogP) is 6.30. The average Bonchev–Trinajstić information content (AvgIpc) is 2.92. The second-order valence-electron chi connectivity index (χ2n) is 11.7. The molecule has 2 aromatic carbocycles. The van der Waals surface area contributed by atoms with E-state index in [9.17, 15) is 14.7 Å². The molecule has 6 nitrogen and oxygen atoms in total. The molecule has 7 heteroatoms. The van der Waals surface area contributed by atoms with Crippen molar-refractivity contribution >= 4 is 28.5 Å². The van der Waals surface area contributed by atoms with Crippen molar-refractivity contribution < 1.29 is 19.1 Å². The molecule has 1 aliphatic heterocycles. The van der Waals surface area contributed by atoms with Crippen LogP contribution in [0.25, 0.3) is 11.0 Å². The maximum atomic E-state index is 14.1. The van der Waals surface area contributed by atoms with Crippen LogP contribution in [0, 0.1) is 12.8 Å². The Morgan fingerprint density at radius 3 is 2.62 bits per heavy atom. The lowest BCUT2D eigenvalue weighted by Crippen LogP contribution is -2.58. The summed E-state index contributed by atoms with van der Waals surface area (Å²) in [5.74, 6) is 0.434. The normalized spacial score (nSPS) is 25.6. The highest BCUT2D eigenvalue weighted by atomic mass is 35.5. The van der Waals surface area contributed by atoms with Gasteiger partial charge < -0.3 is 19.2 Å². The summed E-state index contributed by atoms with van der Waals surface area (Å²) < 4.78 is 12.2. The van der Waals surface area contributed by atoms with E-state index in [4.69, 9.17) is 20.8 Å². The van der Waals surface area contributed by atoms with E-state index in [1.165, 1.54) is 0 Å². The summed E-state index contributed by atoms with van der Waals surface area (Å²) in [4.78, 5) is 28.7. The molecule has 39 heavy (non-hydrogen) atoms. The molecule has 206 valence electrons. The molecule has 1 saturated carbocycles. The SMILES string of the molecule is Cc1cc(OC(C)C(=O)N2CCC3(O)CCCCC3[C@@H]2c2ccc(Cl)cc2)c2c3c(c(=O)oc2c1)CCCC3. The Kier molecular flexibility index (Phi) is 6.96. The zero-order chi connectivity index (χ0) is 27.3. The first-order valence-electron chi connectivity index (χ1n) is 14.3. The Balaban J connectivity index is 1.35. The fourth-order valence-electron chi connectivity index (χ4n) is 7.24. The van der Waals surface area contributed by atoms with Crippen LogP contribution >= 0.6 is 11.6 Å². The van der Waals surface area contributed by atoms with Gasteiger partial charge >= 0.3 is 5.63 Å². The molecule has 3 aromatic rings. The summed E-state index contributed by atoms with van der Waals surface area (Å²) in [5.41, 5.74) is 3.09. The van der Waals surface area contributed by atoms with Crippen molar-refractivity contribution in [1.82, 2.24) is 4.90 Å². The molecule has 1 N–H and O–H groups in total. The van der Waals surface area contributed by atoms with Crippen molar-refractivity contribution in [3.63, 3.8) is 0 Å². The van der Waals surface area contributed by atoms with Crippen LogP contribution in [-0.2, 0) is 17.6 Å². The smallest absolute Gasteiger partial charge is 0.339 e. The van der Waals surface area contributed by atoms with E-state index in [0.717, 1.165) is 72.6 Å². The molecule has 1 saturated heterocycles. The fraction of sp³-hybridized carbons (Fsp3) is 0.500. The zero-order valence-electron chi connectivity index (χ0n) is 22.7. The maximum absolute atomic E-state index is 14.1. The molecule has 3 unspecified atom stereocenters. The average molecular weight is 550 g/mol. The summed E-state index contributed by atoms with van der Waals surface area (Å²) in [6.07, 6.45) is 6.96. The third-order valence-corrected chi connectivity index (χ3v) is 9.39. The van der Waals surface area contributed by atoms with Crippen LogP contribution in [0.2, 0.25) is 5.02 Å². The van der Waals surface area contributed by atoms with E-state index >= 15 is 0 Å². The Labute approximate surface area is 233 Å². The van der Waals surface area contributed by atoms with Crippen LogP contribution in [-0.4, -0.2) is 34.2 Å². The van der Waals surface area contributed by atoms with Crippen molar-refractivity contribution in [1.29, 1.82) is 0 Å². The van der Waals surface area contributed by atoms with Gasteiger partial charge in [0.05, 0.1) is 17.0 Å². The molecule has 2 fully saturated rings. The van der Waals surface area contributed by atoms with E-state index in [0.29, 0.717) is 35.7 Å². The number of rotatable bonds is 4. The Morgan fingerprint density at radius 1 is 1.10 bits per heavy atom. The molecule has 2 heterocycles. The summed E-state index contributed by atoms with van der Waals surface area (Å²) in [6, 6.07) is 11.2. The standard InChI is InChI=1S/C32H36ClNO5/c1-19-17-26(28-23-7-3-4-8-24(23)31(36)39-27(28)18-19)38-20(2)30(35)34-16-15-32(37)14-6-5-9-25(32)29(34)21-10-12-22(33)13-11-21/h10-13,17-18,20,25,29,37H,3-9,14-16H2,1-2H3/t20?,25?,29-,32?/m0/s1. The topological polar surface area (TPSA) is 80.0 Å². The summed E-state index contributed by atoms with van der Waals surface area (Å²) in [5, 5.41) is 13.1. The number of likely N-dealkylation sites (tertiary alicyclic amines) is 1. The van der Waals surface area contributed by atoms with Crippen LogP contribution in [0.4, 0.5) is 0 Å². The molecule has 2 aliphatic carbocycles. The number of carbonyl (C=O) groups excluding carboxylic acids is 1. The van der Waals surface area contributed by atoms with Crippen LogP contribution in [0.3, 0.4) is 0 Å². The first-order valence-corrected chi connectivity index (χ1v) is 14.7. The molecular weight excluding hydrogens is 514 g/mol. The largest absolute Gasteiger partial charge is 0.480 e. The lowest BCUT2D eigenvalue weighted by atomic mass is 9.66. The van der Waals surface area contributed by atoms with E-state index in [1.807, 2.05) is 48.2 Å². The molecule has 4 atom stereocenters. The van der Waals surface area contributed by atoms with Crippen LogP contribution in [0.5, 0.6) is 5.75 Å². The van der Waals surface area contributed by atoms with Gasteiger partial charge in [0.2, 0.25) is 0 Å². The van der Waals surface area contributed by atoms with Gasteiger partial charge in [-0.3, -0.25) is 4.79 Å². The monoisotopic (exact) mass is 549 g/mol. The number of piperidine rings is 1. The number of aliphatic hydroxyl groups is 1. The van der Waals surface area contributed by atoms with Crippen molar-refractivity contribution in [2.75, 3.05) is 6.54 Å². The summed E-state index contributed by atoms with van der Waals surface area (Å²) >= 11 is 6.20. The van der Waals surface area contributed by atoms with Gasteiger partial charge in [-0.05, 0) is 99.7 Å². The maximum Gasteiger partial charge on any atom is 0.339 e. The number of halogens is 1. The highest BCUT2D eigenvalue weighted by Gasteiger charge is 2.50. The molecule has 1 aromatic heterocycles. The molecular formula is C32H36ClNO5. The van der Waals surface area contributed by atoms with E-state index in [2.05, 4.69) is 0 Å². The van der Waals surface area contributed by atoms with E-state index in [1.54, 1.807) is 6.92 Å². The molecule has 0 bridgehead atoms. The minimum atomic E-state index is -0.771. The highest BCUT2D eigenvalue weighted by molar-refractivity contribution is 6.30. The third kappa shape index (κ3) is 4.76. The van der Waals surface area contributed by atoms with Crippen LogP contribution in [0.1, 0.15) is 80.2 Å². The summed E-state index contributed by atoms with van der Waals surface area (Å²) in [6.45, 7) is 4.19. The number of fused-ring (bicyclic) bond motifs is 4. The first-order chi connectivity index (χ1) is 18.7. The van der Waals surface area contributed by atoms with Crippen LogP contribution in [0.15, 0.2) is 45.6 Å². The molecule has 3 aliphatic rings. The van der Waals surface area contributed by atoms with Crippen molar-refractivity contribution in [3.8, 4) is 5.75 Å². The first kappa shape index (κ1) is 26.4. The molecule has 0 radical (unpaired) electrons. The number of carbonyl (C=O) groups is 1. The predicted molar refractivity (Wildman–Crippen MR) is 151 cm³/mol. The number of benzene rings is 2. The number of aryl methyl sites for hydroxylation is 2. The van der Waals surface area contributed by atoms with E-state index < -0.39 is 11.7 Å². The van der Waals surface area contributed by atoms with Crippen LogP contribution < -0.4 is 10.4 Å². The lowest BCUT2D eigenvalue weighted by molar-refractivity contribution is -0.161. The number of hydrogen-bond donors (Lipinski definition) is 1. The van der Waals surface area contributed by atoms with Gasteiger partial charge in [-0.2, -0.15) is 0 Å². The van der Waals surface area contributed by atoms with E-state index in [-0.39, 0.29) is 23.5 Å². The molecule has 1 amide bonds. The van der Waals surface area contributed by atoms with Gasteiger partial charge in [-0.25, -0.2) is 4.79 Å². The number of ether oxygens (including phenoxy) is 1. The second-order valence-corrected chi connectivity index (χ2v) is 12.1. The minimum absolute atomic E-state index is 0.0431. The molecule has 6 rings (SSSR count). The zero-order valence-corrected chi connectivity index (χ0v) is 23.4. The number of hydrogen-bond acceptors (Lipinski definition) is 5. The Hall–Kier alpha value is -2.83. The van der Waals surface area contributed by atoms with Gasteiger partial charge in [0.25, 0.3) is 5.91 Å². The van der Waals surface area contributed by atoms with Gasteiger partial charge in [0.1, 0.15) is 11.3 Å². The quantitative estimate of drug-likeness (QED) is 0.386. The number of amides is 1. The van der Waals surface area contributed by atoms with Crippen molar-refractivity contribution in [3.05, 3.63) is 74.1 Å². The van der Waals surface area contributed by atoms with Gasteiger partial charge in [-0.1, -0.05) is 36.6 Å². The van der Waals surface area contributed by atoms with Gasteiger partial charge in [-0.15, -0.1) is 0 Å². The summed E-state index contributed by atoms with van der Waals surface area (Å²) in [7, 11) is 0. The number of nitrogens with zero attached hydrogens (tertiary/aromatic N) is 1. The Morgan fingerprint density at radius 2 is 1.85 bits per heavy atom. The van der Waals surface area contributed by atoms with Crippen molar-refractivity contribution in [2.45, 2.75) is 89.4 Å². The Bertz CT molecular complexity index is 1460. The highest BCUT2D eigenvalue weighted by Crippen LogP contribution is 2.49. The minimum Gasteiger partial charge on any atom is -0.480 e. The molecule has 0 spiro atoms. The third-order valence-electron chi connectivity index (χ3n) is 9.14. The van der Waals surface area contributed by atoms with Gasteiger partial charge in [0.15, 0.2) is 6.10 Å². The fourth-order valence-corrected chi connectivity index (χ4v) is 7.36. The lowest BCUT2D eigenvalue weighted by Gasteiger charge is -2.53. The van der Waals surface area contributed by atoms with Crippen molar-refractivity contribution in [2.24, 2.45) is 5.92 Å². The second kappa shape index (κ2) is 10.3. The van der Waals surface area contributed by atoms with Gasteiger partial charge in [0, 0.05) is 23.0 Å².